The predicted molar refractivity (Wildman–Crippen MR) is 180 cm³/mol. The predicted octanol–water partition coefficient (Wildman–Crippen LogP) is 5.05. The molecule has 0 saturated carbocycles. The number of rotatable bonds is 14. The number of halogens is 2. The zero-order valence-electron chi connectivity index (χ0n) is 25.6. The van der Waals surface area contributed by atoms with Gasteiger partial charge in [0.1, 0.15) is 13.2 Å². The molecule has 4 rings (SSSR count). The molecule has 0 spiro atoms. The molecule has 0 saturated heterocycles. The van der Waals surface area contributed by atoms with E-state index in [0.717, 1.165) is 9.13 Å². The molecule has 0 fully saturated rings. The number of esters is 1. The third-order valence-corrected chi connectivity index (χ3v) is 7.54. The van der Waals surface area contributed by atoms with Crippen LogP contribution in [0.25, 0.3) is 0 Å². The number of ether oxygens (including phenoxy) is 5. The SMILES string of the molecule is CCOc1cc([C@@H]2NC(=O)NC(C)=C2C(=O)OC)ccc1OC[C@@H](O)N/N=C/c1cc(I)cc(OC)c1OCc1ccc(Cl)cc1. The summed E-state index contributed by atoms with van der Waals surface area (Å²) in [6.07, 6.45) is 0.335. The minimum absolute atomic E-state index is 0.178. The molecule has 0 aromatic heterocycles. The number of hydrogen-bond acceptors (Lipinski definition) is 10. The summed E-state index contributed by atoms with van der Waals surface area (Å²) >= 11 is 8.16. The average molecular weight is 765 g/mol. The fourth-order valence-corrected chi connectivity index (χ4v) is 5.29. The highest BCUT2D eigenvalue weighted by atomic mass is 127. The first-order chi connectivity index (χ1) is 22.1. The molecule has 2 amide bonds. The van der Waals surface area contributed by atoms with Crippen molar-refractivity contribution in [1.29, 1.82) is 0 Å². The van der Waals surface area contributed by atoms with Crippen molar-refractivity contribution in [2.75, 3.05) is 27.4 Å². The van der Waals surface area contributed by atoms with E-state index in [1.165, 1.54) is 13.3 Å². The minimum Gasteiger partial charge on any atom is -0.493 e. The van der Waals surface area contributed by atoms with Gasteiger partial charge in [-0.2, -0.15) is 5.10 Å². The van der Waals surface area contributed by atoms with Crippen molar-refractivity contribution in [2.45, 2.75) is 32.7 Å². The fourth-order valence-electron chi connectivity index (χ4n) is 4.54. The molecule has 1 aliphatic rings. The minimum atomic E-state index is -1.19. The summed E-state index contributed by atoms with van der Waals surface area (Å²) in [6, 6.07) is 14.8. The number of hydrazone groups is 1. The molecule has 14 heteroatoms. The Balaban J connectivity index is 1.44. The number of carbonyl (C=O) groups is 2. The Morgan fingerprint density at radius 3 is 2.54 bits per heavy atom. The third kappa shape index (κ3) is 8.95. The molecule has 0 aliphatic carbocycles. The van der Waals surface area contributed by atoms with E-state index in [2.05, 4.69) is 43.8 Å². The molecule has 0 unspecified atom stereocenters. The van der Waals surface area contributed by atoms with Crippen LogP contribution in [0.15, 0.2) is 71.0 Å². The molecule has 1 aliphatic heterocycles. The van der Waals surface area contributed by atoms with Crippen molar-refractivity contribution < 1.29 is 38.4 Å². The van der Waals surface area contributed by atoms with Gasteiger partial charge in [-0.1, -0.05) is 29.8 Å². The van der Waals surface area contributed by atoms with Crippen LogP contribution in [0, 0.1) is 3.57 Å². The molecule has 0 bridgehead atoms. The van der Waals surface area contributed by atoms with Crippen molar-refractivity contribution in [2.24, 2.45) is 5.10 Å². The van der Waals surface area contributed by atoms with Gasteiger partial charge in [0.15, 0.2) is 29.2 Å². The largest absolute Gasteiger partial charge is 0.493 e. The lowest BCUT2D eigenvalue weighted by Crippen LogP contribution is -2.45. The molecular formula is C32H34ClIN4O8. The van der Waals surface area contributed by atoms with Gasteiger partial charge in [0, 0.05) is 19.9 Å². The Morgan fingerprint density at radius 2 is 1.85 bits per heavy atom. The number of aliphatic hydroxyl groups is 1. The summed E-state index contributed by atoms with van der Waals surface area (Å²) in [6.45, 7) is 3.86. The van der Waals surface area contributed by atoms with E-state index in [4.69, 9.17) is 35.3 Å². The molecule has 12 nitrogen and oxygen atoms in total. The van der Waals surface area contributed by atoms with Crippen molar-refractivity contribution >= 4 is 52.4 Å². The summed E-state index contributed by atoms with van der Waals surface area (Å²) in [5.41, 5.74) is 5.44. The summed E-state index contributed by atoms with van der Waals surface area (Å²) in [5.74, 6) is 1.15. The maximum absolute atomic E-state index is 12.5. The summed E-state index contributed by atoms with van der Waals surface area (Å²) in [7, 11) is 2.83. The zero-order valence-corrected chi connectivity index (χ0v) is 28.5. The van der Waals surface area contributed by atoms with Gasteiger partial charge in [0.2, 0.25) is 0 Å². The Hall–Kier alpha value is -4.21. The molecule has 244 valence electrons. The lowest BCUT2D eigenvalue weighted by atomic mass is 9.95. The van der Waals surface area contributed by atoms with Gasteiger partial charge < -0.3 is 39.4 Å². The van der Waals surface area contributed by atoms with Gasteiger partial charge in [-0.05, 0) is 84.0 Å². The number of urea groups is 1. The van der Waals surface area contributed by atoms with Crippen LogP contribution in [-0.4, -0.2) is 57.0 Å². The second kappa shape index (κ2) is 16.4. The monoisotopic (exact) mass is 764 g/mol. The first-order valence-electron chi connectivity index (χ1n) is 14.1. The van der Waals surface area contributed by atoms with Gasteiger partial charge in [0.05, 0.1) is 38.7 Å². The molecular weight excluding hydrogens is 731 g/mol. The first-order valence-corrected chi connectivity index (χ1v) is 15.6. The summed E-state index contributed by atoms with van der Waals surface area (Å²) < 4.78 is 29.1. The molecule has 0 radical (unpaired) electrons. The topological polar surface area (TPSA) is 149 Å². The third-order valence-electron chi connectivity index (χ3n) is 6.66. The van der Waals surface area contributed by atoms with E-state index in [-0.39, 0.29) is 18.8 Å². The number of carbonyl (C=O) groups excluding carboxylic acids is 2. The highest BCUT2D eigenvalue weighted by Crippen LogP contribution is 2.35. The maximum atomic E-state index is 12.5. The number of nitrogens with zero attached hydrogens (tertiary/aromatic N) is 1. The number of nitrogens with one attached hydrogen (secondary N) is 3. The summed E-state index contributed by atoms with van der Waals surface area (Å²) in [5, 5.41) is 20.7. The molecule has 46 heavy (non-hydrogen) atoms. The van der Waals surface area contributed by atoms with Gasteiger partial charge in [-0.15, -0.1) is 0 Å². The highest BCUT2D eigenvalue weighted by Gasteiger charge is 2.32. The normalized spacial score (nSPS) is 15.1. The van der Waals surface area contributed by atoms with E-state index in [1.807, 2.05) is 31.2 Å². The lowest BCUT2D eigenvalue weighted by Gasteiger charge is -2.28. The first kappa shape index (κ1) is 34.7. The standard InChI is InChI=1S/C32H34ClIN4O8/c1-5-44-25-13-20(29-28(31(40)43-4)18(2)36-32(41)37-29)8-11-24(25)45-17-27(39)38-35-15-21-12-23(34)14-26(42-3)30(21)46-16-19-6-9-22(33)10-7-19/h6-15,27,29,38-39H,5,16-17H2,1-4H3,(H2,36,37,41)/b35-15+/t27-,29+/m1/s1. The second-order valence-electron chi connectivity index (χ2n) is 9.86. The van der Waals surface area contributed by atoms with Gasteiger partial charge >= 0.3 is 12.0 Å². The number of amides is 2. The van der Waals surface area contributed by atoms with Crippen LogP contribution in [0.3, 0.4) is 0 Å². The Kier molecular flexibility index (Phi) is 12.3. The van der Waals surface area contributed by atoms with Crippen LogP contribution in [0.4, 0.5) is 4.79 Å². The average Bonchev–Trinajstić information content (AvgIpc) is 3.03. The molecule has 1 heterocycles. The number of hydrogen-bond donors (Lipinski definition) is 4. The molecule has 3 aromatic carbocycles. The van der Waals surface area contributed by atoms with Crippen molar-refractivity contribution in [3.05, 3.63) is 91.2 Å². The Labute approximate surface area is 285 Å². The Bertz CT molecular complexity index is 1620. The number of aliphatic hydroxyl groups excluding tert-OH is 1. The van der Waals surface area contributed by atoms with Crippen LogP contribution in [0.5, 0.6) is 23.0 Å². The lowest BCUT2D eigenvalue weighted by molar-refractivity contribution is -0.136. The van der Waals surface area contributed by atoms with Crippen LogP contribution < -0.4 is 35.0 Å². The van der Waals surface area contributed by atoms with E-state index in [0.29, 0.717) is 51.5 Å². The van der Waals surface area contributed by atoms with Crippen molar-refractivity contribution in [3.8, 4) is 23.0 Å². The number of benzene rings is 3. The molecule has 4 N–H and O–H groups in total. The Morgan fingerprint density at radius 1 is 1.09 bits per heavy atom. The van der Waals surface area contributed by atoms with Crippen molar-refractivity contribution in [1.82, 2.24) is 16.1 Å². The quantitative estimate of drug-likeness (QED) is 0.0582. The van der Waals surface area contributed by atoms with Crippen LogP contribution in [-0.2, 0) is 16.1 Å². The van der Waals surface area contributed by atoms with Gasteiger partial charge in [-0.3, -0.25) is 5.43 Å². The molecule has 2 atom stereocenters. The number of allylic oxidation sites excluding steroid dienone is 1. The van der Waals surface area contributed by atoms with Crippen LogP contribution in [0.1, 0.15) is 36.6 Å². The number of methoxy groups -OCH3 is 2. The highest BCUT2D eigenvalue weighted by molar-refractivity contribution is 14.1. The smallest absolute Gasteiger partial charge is 0.337 e. The van der Waals surface area contributed by atoms with E-state index < -0.39 is 24.3 Å². The maximum Gasteiger partial charge on any atom is 0.337 e. The fraction of sp³-hybridized carbons (Fsp3) is 0.281. The second-order valence-corrected chi connectivity index (χ2v) is 11.5. The van der Waals surface area contributed by atoms with Crippen LogP contribution in [0.2, 0.25) is 5.02 Å². The zero-order chi connectivity index (χ0) is 33.2. The van der Waals surface area contributed by atoms with Crippen molar-refractivity contribution in [3.63, 3.8) is 0 Å². The van der Waals surface area contributed by atoms with E-state index >= 15 is 0 Å². The summed E-state index contributed by atoms with van der Waals surface area (Å²) in [4.78, 5) is 24.7. The molecule has 3 aromatic rings. The van der Waals surface area contributed by atoms with Gasteiger partial charge in [0.25, 0.3) is 0 Å². The van der Waals surface area contributed by atoms with E-state index in [9.17, 15) is 14.7 Å². The van der Waals surface area contributed by atoms with Crippen LogP contribution >= 0.6 is 34.2 Å². The van der Waals surface area contributed by atoms with Gasteiger partial charge in [-0.25, -0.2) is 9.59 Å². The van der Waals surface area contributed by atoms with E-state index in [1.54, 1.807) is 44.4 Å².